The van der Waals surface area contributed by atoms with Gasteiger partial charge in [0.25, 0.3) is 0 Å². The fourth-order valence-electron chi connectivity index (χ4n) is 1.78. The Labute approximate surface area is 110 Å². The van der Waals surface area contributed by atoms with Crippen LogP contribution in [0.4, 0.5) is 0 Å². The molecule has 0 aromatic rings. The van der Waals surface area contributed by atoms with Gasteiger partial charge in [0.05, 0.1) is 6.54 Å². The number of hydrogen-bond acceptors (Lipinski definition) is 4. The van der Waals surface area contributed by atoms with Crippen LogP contribution in [0.1, 0.15) is 19.3 Å². The van der Waals surface area contributed by atoms with E-state index in [1.165, 1.54) is 16.7 Å². The summed E-state index contributed by atoms with van der Waals surface area (Å²) in [6.45, 7) is 0.538. The fraction of sp³-hybridized carbons (Fsp3) is 0.727. The van der Waals surface area contributed by atoms with E-state index in [2.05, 4.69) is 5.32 Å². The molecule has 0 bridgehead atoms. The van der Waals surface area contributed by atoms with Gasteiger partial charge in [0.2, 0.25) is 11.8 Å². The second-order valence-corrected chi connectivity index (χ2v) is 5.14. The van der Waals surface area contributed by atoms with Gasteiger partial charge in [-0.15, -0.1) is 0 Å². The minimum atomic E-state index is -1.04. The second kappa shape index (κ2) is 7.25. The molecular weight excluding hydrogens is 256 g/mol. The Morgan fingerprint density at radius 3 is 2.78 bits per heavy atom. The molecule has 0 aromatic heterocycles. The van der Waals surface area contributed by atoms with Gasteiger partial charge in [-0.25, -0.2) is 4.79 Å². The quantitative estimate of drug-likeness (QED) is 0.678. The molecule has 0 aromatic carbocycles. The summed E-state index contributed by atoms with van der Waals surface area (Å²) in [4.78, 5) is 35.4. The number of thioether (sulfide) groups is 1. The summed E-state index contributed by atoms with van der Waals surface area (Å²) in [5.41, 5.74) is 0. The van der Waals surface area contributed by atoms with Gasteiger partial charge in [-0.2, -0.15) is 11.8 Å². The van der Waals surface area contributed by atoms with Crippen LogP contribution in [0.15, 0.2) is 0 Å². The first kappa shape index (κ1) is 14.8. The van der Waals surface area contributed by atoms with E-state index < -0.39 is 17.9 Å². The Morgan fingerprint density at radius 1 is 1.56 bits per heavy atom. The fourth-order valence-corrected chi connectivity index (χ4v) is 2.25. The first-order valence-electron chi connectivity index (χ1n) is 5.83. The summed E-state index contributed by atoms with van der Waals surface area (Å²) in [6, 6.07) is -0.873. The van der Waals surface area contributed by atoms with E-state index in [-0.39, 0.29) is 12.5 Å². The Hall–Kier alpha value is -1.24. The van der Waals surface area contributed by atoms with Crippen LogP contribution in [-0.2, 0) is 14.4 Å². The minimum absolute atomic E-state index is 0.0398. The summed E-state index contributed by atoms with van der Waals surface area (Å²) in [5, 5.41) is 11.4. The summed E-state index contributed by atoms with van der Waals surface area (Å²) < 4.78 is 0. The zero-order valence-electron chi connectivity index (χ0n) is 10.3. The summed E-state index contributed by atoms with van der Waals surface area (Å²) in [7, 11) is 0. The molecule has 1 aliphatic heterocycles. The van der Waals surface area contributed by atoms with Crippen molar-refractivity contribution < 1.29 is 19.5 Å². The lowest BCUT2D eigenvalue weighted by atomic mass is 10.2. The molecule has 1 heterocycles. The number of hydrogen-bond donors (Lipinski definition) is 2. The van der Waals surface area contributed by atoms with Crippen LogP contribution in [-0.4, -0.2) is 58.9 Å². The molecule has 1 saturated heterocycles. The van der Waals surface area contributed by atoms with E-state index in [0.29, 0.717) is 25.1 Å². The topological polar surface area (TPSA) is 86.7 Å². The number of carbonyl (C=O) groups is 3. The molecule has 102 valence electrons. The number of likely N-dealkylation sites (tertiary alicyclic amines) is 1. The van der Waals surface area contributed by atoms with Crippen LogP contribution in [0, 0.1) is 0 Å². The number of nitrogens with one attached hydrogen (secondary N) is 1. The number of amides is 2. The van der Waals surface area contributed by atoms with Crippen molar-refractivity contribution >= 4 is 29.5 Å². The molecule has 7 heteroatoms. The Morgan fingerprint density at radius 2 is 2.28 bits per heavy atom. The van der Waals surface area contributed by atoms with Crippen LogP contribution < -0.4 is 5.32 Å². The molecule has 0 saturated carbocycles. The van der Waals surface area contributed by atoms with Gasteiger partial charge < -0.3 is 15.3 Å². The third-order valence-corrected chi connectivity index (χ3v) is 3.39. The van der Waals surface area contributed by atoms with Crippen molar-refractivity contribution in [3.05, 3.63) is 0 Å². The average molecular weight is 274 g/mol. The van der Waals surface area contributed by atoms with E-state index in [4.69, 9.17) is 5.11 Å². The highest BCUT2D eigenvalue weighted by atomic mass is 32.2. The lowest BCUT2D eigenvalue weighted by Gasteiger charge is -2.18. The third kappa shape index (κ3) is 4.56. The van der Waals surface area contributed by atoms with Gasteiger partial charge in [-0.3, -0.25) is 9.59 Å². The summed E-state index contributed by atoms with van der Waals surface area (Å²) >= 11 is 1.53. The molecule has 0 radical (unpaired) electrons. The first-order chi connectivity index (χ1) is 8.54. The number of aliphatic carboxylic acids is 1. The first-order valence-corrected chi connectivity index (χ1v) is 7.23. The lowest BCUT2D eigenvalue weighted by Crippen LogP contribution is -2.46. The number of nitrogens with zero attached hydrogens (tertiary/aromatic N) is 1. The minimum Gasteiger partial charge on any atom is -0.480 e. The molecule has 1 aliphatic rings. The maximum absolute atomic E-state index is 11.6. The molecule has 0 unspecified atom stereocenters. The highest BCUT2D eigenvalue weighted by molar-refractivity contribution is 7.98. The van der Waals surface area contributed by atoms with Gasteiger partial charge in [0, 0.05) is 13.0 Å². The number of carbonyl (C=O) groups excluding carboxylic acids is 2. The molecule has 2 N–H and O–H groups in total. The zero-order valence-corrected chi connectivity index (χ0v) is 11.2. The van der Waals surface area contributed by atoms with Crippen LogP contribution in [0.25, 0.3) is 0 Å². The highest BCUT2D eigenvalue weighted by Crippen LogP contribution is 2.08. The van der Waals surface area contributed by atoms with Crippen molar-refractivity contribution in [2.75, 3.05) is 25.1 Å². The molecule has 6 nitrogen and oxygen atoms in total. The predicted molar refractivity (Wildman–Crippen MR) is 68.4 cm³/mol. The Balaban J connectivity index is 2.40. The van der Waals surface area contributed by atoms with Crippen molar-refractivity contribution in [3.63, 3.8) is 0 Å². The maximum atomic E-state index is 11.6. The normalized spacial score (nSPS) is 16.7. The lowest BCUT2D eigenvalue weighted by molar-refractivity contribution is -0.142. The third-order valence-electron chi connectivity index (χ3n) is 2.75. The largest absolute Gasteiger partial charge is 0.480 e. The molecule has 18 heavy (non-hydrogen) atoms. The van der Waals surface area contributed by atoms with Gasteiger partial charge in [0.15, 0.2) is 0 Å². The number of carboxylic acids is 1. The average Bonchev–Trinajstić information content (AvgIpc) is 2.70. The van der Waals surface area contributed by atoms with Crippen LogP contribution >= 0.6 is 11.8 Å². The molecule has 2 amide bonds. The predicted octanol–water partition coefficient (Wildman–Crippen LogP) is -0.0687. The van der Waals surface area contributed by atoms with E-state index in [1.54, 1.807) is 0 Å². The van der Waals surface area contributed by atoms with Crippen LogP contribution in [0.2, 0.25) is 0 Å². The van der Waals surface area contributed by atoms with Gasteiger partial charge in [-0.1, -0.05) is 0 Å². The van der Waals surface area contributed by atoms with Crippen LogP contribution in [0.3, 0.4) is 0 Å². The van der Waals surface area contributed by atoms with Gasteiger partial charge in [-0.05, 0) is 24.9 Å². The SMILES string of the molecule is CSCC[C@H](NC(=O)CN1CCCC1=O)C(=O)O. The van der Waals surface area contributed by atoms with E-state index in [0.717, 1.165) is 6.42 Å². The van der Waals surface area contributed by atoms with Gasteiger partial charge >= 0.3 is 5.97 Å². The standard InChI is InChI=1S/C11H18N2O4S/c1-18-6-4-8(11(16)17)12-9(14)7-13-5-2-3-10(13)15/h8H,2-7H2,1H3,(H,12,14)(H,16,17)/t8-/m0/s1. The van der Waals surface area contributed by atoms with Crippen LogP contribution in [0.5, 0.6) is 0 Å². The molecular formula is C11H18N2O4S. The van der Waals surface area contributed by atoms with Gasteiger partial charge in [0.1, 0.15) is 6.04 Å². The Bertz CT molecular complexity index is 335. The molecule has 1 atom stereocenters. The maximum Gasteiger partial charge on any atom is 0.326 e. The molecule has 1 fully saturated rings. The van der Waals surface area contributed by atoms with Crippen molar-refractivity contribution in [1.29, 1.82) is 0 Å². The monoisotopic (exact) mass is 274 g/mol. The number of rotatable bonds is 7. The van der Waals surface area contributed by atoms with Crippen molar-refractivity contribution in [1.82, 2.24) is 10.2 Å². The molecule has 0 aliphatic carbocycles. The van der Waals surface area contributed by atoms with Crippen molar-refractivity contribution in [2.45, 2.75) is 25.3 Å². The van der Waals surface area contributed by atoms with E-state index >= 15 is 0 Å². The van der Waals surface area contributed by atoms with Crippen molar-refractivity contribution in [3.8, 4) is 0 Å². The number of carboxylic acid groups (broad SMARTS) is 1. The summed E-state index contributed by atoms with van der Waals surface area (Å²) in [6.07, 6.45) is 3.50. The van der Waals surface area contributed by atoms with Crippen molar-refractivity contribution in [2.24, 2.45) is 0 Å². The smallest absolute Gasteiger partial charge is 0.326 e. The summed E-state index contributed by atoms with van der Waals surface area (Å²) in [5.74, 6) is -0.815. The zero-order chi connectivity index (χ0) is 13.5. The van der Waals surface area contributed by atoms with E-state index in [1.807, 2.05) is 6.26 Å². The highest BCUT2D eigenvalue weighted by Gasteiger charge is 2.25. The molecule has 1 rings (SSSR count). The Kier molecular flexibility index (Phi) is 5.97. The molecule has 0 spiro atoms. The second-order valence-electron chi connectivity index (χ2n) is 4.16. The van der Waals surface area contributed by atoms with E-state index in [9.17, 15) is 14.4 Å².